The van der Waals surface area contributed by atoms with E-state index in [0.29, 0.717) is 31.9 Å². The van der Waals surface area contributed by atoms with Gasteiger partial charge in [0.25, 0.3) is 5.56 Å². The van der Waals surface area contributed by atoms with E-state index in [-0.39, 0.29) is 23.3 Å². The summed E-state index contributed by atoms with van der Waals surface area (Å²) in [4.78, 5) is 32.7. The Kier molecular flexibility index (Phi) is 5.83. The van der Waals surface area contributed by atoms with Crippen LogP contribution in [-0.4, -0.2) is 26.2 Å². The lowest BCUT2D eigenvalue weighted by Crippen LogP contribution is -2.25. The first-order chi connectivity index (χ1) is 12.7. The Morgan fingerprint density at radius 1 is 1.26 bits per heavy atom. The van der Waals surface area contributed by atoms with Gasteiger partial charge in [0.05, 0.1) is 11.3 Å². The number of hydrogen-bond acceptors (Lipinski definition) is 4. The van der Waals surface area contributed by atoms with E-state index in [1.807, 2.05) is 26.8 Å². The molecule has 0 aliphatic rings. The number of halogens is 2. The minimum absolute atomic E-state index is 0.0877. The van der Waals surface area contributed by atoms with E-state index in [2.05, 4.69) is 15.3 Å². The van der Waals surface area contributed by atoms with Crippen molar-refractivity contribution in [1.29, 1.82) is 0 Å². The number of benzene rings is 1. The zero-order valence-corrected chi connectivity index (χ0v) is 17.3. The molecule has 0 aliphatic carbocycles. The molecule has 3 aromatic rings. The van der Waals surface area contributed by atoms with E-state index in [1.165, 1.54) is 11.8 Å². The number of nitrogens with zero attached hydrogens (tertiary/aromatic N) is 2. The Bertz CT molecular complexity index is 1050. The van der Waals surface area contributed by atoms with Crippen LogP contribution in [0.5, 0.6) is 0 Å². The number of hydrogen-bond donors (Lipinski definition) is 2. The predicted molar refractivity (Wildman–Crippen MR) is 111 cm³/mol. The van der Waals surface area contributed by atoms with Crippen molar-refractivity contribution in [3.8, 4) is 0 Å². The zero-order chi connectivity index (χ0) is 19.7. The van der Waals surface area contributed by atoms with Crippen molar-refractivity contribution in [1.82, 2.24) is 14.5 Å². The number of carbonyl (C=O) groups is 1. The maximum absolute atomic E-state index is 12.8. The van der Waals surface area contributed by atoms with Crippen LogP contribution >= 0.6 is 35.0 Å². The van der Waals surface area contributed by atoms with Gasteiger partial charge in [0.2, 0.25) is 5.91 Å². The molecule has 1 amide bonds. The Labute approximate surface area is 170 Å². The lowest BCUT2D eigenvalue weighted by molar-refractivity contribution is -0.113. The van der Waals surface area contributed by atoms with Crippen LogP contribution in [0, 0.1) is 6.92 Å². The summed E-state index contributed by atoms with van der Waals surface area (Å²) in [7, 11) is 0. The van der Waals surface area contributed by atoms with Crippen molar-refractivity contribution >= 4 is 57.6 Å². The highest BCUT2D eigenvalue weighted by Crippen LogP contribution is 2.24. The molecule has 0 saturated carbocycles. The predicted octanol–water partition coefficient (Wildman–Crippen LogP) is 4.65. The summed E-state index contributed by atoms with van der Waals surface area (Å²) in [6.07, 6.45) is 0. The number of aromatic nitrogens is 3. The van der Waals surface area contributed by atoms with Gasteiger partial charge in [-0.2, -0.15) is 0 Å². The number of rotatable bonds is 5. The SMILES string of the molecule is Cc1cc2nc(SCC(=O)Nc3cc(Cl)cc(Cl)c3)n(C(C)C)c(=O)c2[nH]1. The van der Waals surface area contributed by atoms with Crippen molar-refractivity contribution in [2.24, 2.45) is 0 Å². The Hall–Kier alpha value is -1.96. The van der Waals surface area contributed by atoms with E-state index in [1.54, 1.807) is 22.8 Å². The van der Waals surface area contributed by atoms with Gasteiger partial charge in [0, 0.05) is 27.5 Å². The van der Waals surface area contributed by atoms with Crippen LogP contribution in [-0.2, 0) is 4.79 Å². The summed E-state index contributed by atoms with van der Waals surface area (Å²) in [6.45, 7) is 5.68. The van der Waals surface area contributed by atoms with Gasteiger partial charge in [0.1, 0.15) is 5.52 Å². The first kappa shape index (κ1) is 19.8. The third kappa shape index (κ3) is 4.48. The molecule has 1 aromatic carbocycles. The fraction of sp³-hybridized carbons (Fsp3) is 0.278. The van der Waals surface area contributed by atoms with Gasteiger partial charge in [-0.25, -0.2) is 4.98 Å². The van der Waals surface area contributed by atoms with Gasteiger partial charge in [-0.1, -0.05) is 35.0 Å². The van der Waals surface area contributed by atoms with Gasteiger partial charge in [-0.15, -0.1) is 0 Å². The number of aromatic amines is 1. The van der Waals surface area contributed by atoms with E-state index < -0.39 is 0 Å². The van der Waals surface area contributed by atoms with E-state index >= 15 is 0 Å². The first-order valence-electron chi connectivity index (χ1n) is 8.25. The fourth-order valence-corrected chi connectivity index (χ4v) is 4.15. The molecule has 0 fully saturated rings. The van der Waals surface area contributed by atoms with Crippen molar-refractivity contribution in [2.75, 3.05) is 11.1 Å². The quantitative estimate of drug-likeness (QED) is 0.461. The molecule has 142 valence electrons. The molecule has 2 aromatic heterocycles. The molecule has 0 spiro atoms. The largest absolute Gasteiger partial charge is 0.353 e. The van der Waals surface area contributed by atoms with Gasteiger partial charge < -0.3 is 10.3 Å². The van der Waals surface area contributed by atoms with Crippen LogP contribution < -0.4 is 10.9 Å². The molecule has 0 saturated heterocycles. The monoisotopic (exact) mass is 424 g/mol. The highest BCUT2D eigenvalue weighted by molar-refractivity contribution is 7.99. The molecule has 0 radical (unpaired) electrons. The van der Waals surface area contributed by atoms with Crippen molar-refractivity contribution < 1.29 is 4.79 Å². The highest BCUT2D eigenvalue weighted by atomic mass is 35.5. The second kappa shape index (κ2) is 7.96. The highest BCUT2D eigenvalue weighted by Gasteiger charge is 2.17. The molecule has 0 atom stereocenters. The molecule has 0 aliphatic heterocycles. The molecular formula is C18H18Cl2N4O2S. The average molecular weight is 425 g/mol. The smallest absolute Gasteiger partial charge is 0.278 e. The van der Waals surface area contributed by atoms with E-state index in [0.717, 1.165) is 5.69 Å². The number of carbonyl (C=O) groups excluding carboxylic acids is 1. The molecule has 0 bridgehead atoms. The third-order valence-electron chi connectivity index (χ3n) is 3.78. The summed E-state index contributed by atoms with van der Waals surface area (Å²) in [5, 5.41) is 4.13. The van der Waals surface area contributed by atoms with Crippen molar-refractivity contribution in [2.45, 2.75) is 32.0 Å². The molecular weight excluding hydrogens is 407 g/mol. The number of aryl methyl sites for hydroxylation is 1. The third-order valence-corrected chi connectivity index (χ3v) is 5.17. The molecule has 2 heterocycles. The van der Waals surface area contributed by atoms with Crippen LogP contribution in [0.25, 0.3) is 11.0 Å². The lowest BCUT2D eigenvalue weighted by atomic mass is 10.3. The molecule has 0 unspecified atom stereocenters. The van der Waals surface area contributed by atoms with Gasteiger partial charge in [-0.3, -0.25) is 14.2 Å². The average Bonchev–Trinajstić information content (AvgIpc) is 2.92. The lowest BCUT2D eigenvalue weighted by Gasteiger charge is -2.15. The first-order valence-corrected chi connectivity index (χ1v) is 9.99. The fourth-order valence-electron chi connectivity index (χ4n) is 2.70. The van der Waals surface area contributed by atoms with Gasteiger partial charge in [-0.05, 0) is 45.0 Å². The minimum Gasteiger partial charge on any atom is -0.353 e. The van der Waals surface area contributed by atoms with Crippen LogP contribution in [0.4, 0.5) is 5.69 Å². The number of fused-ring (bicyclic) bond motifs is 1. The normalized spacial score (nSPS) is 11.3. The van der Waals surface area contributed by atoms with Crippen molar-refractivity contribution in [3.63, 3.8) is 0 Å². The summed E-state index contributed by atoms with van der Waals surface area (Å²) in [5.74, 6) is -0.147. The molecule has 9 heteroatoms. The molecule has 27 heavy (non-hydrogen) atoms. The molecule has 6 nitrogen and oxygen atoms in total. The number of H-pyrrole nitrogens is 1. The summed E-state index contributed by atoms with van der Waals surface area (Å²) in [5.41, 5.74) is 2.31. The van der Waals surface area contributed by atoms with Crippen molar-refractivity contribution in [3.05, 3.63) is 50.4 Å². The minimum atomic E-state index is -0.242. The van der Waals surface area contributed by atoms with Gasteiger partial charge >= 0.3 is 0 Å². The zero-order valence-electron chi connectivity index (χ0n) is 15.0. The second-order valence-electron chi connectivity index (χ2n) is 6.37. The Morgan fingerprint density at radius 3 is 2.56 bits per heavy atom. The molecule has 3 rings (SSSR count). The number of nitrogens with one attached hydrogen (secondary N) is 2. The van der Waals surface area contributed by atoms with Gasteiger partial charge in [0.15, 0.2) is 5.16 Å². The van der Waals surface area contributed by atoms with Crippen LogP contribution in [0.2, 0.25) is 10.0 Å². The van der Waals surface area contributed by atoms with Crippen LogP contribution in [0.3, 0.4) is 0 Å². The summed E-state index contributed by atoms with van der Waals surface area (Å²) < 4.78 is 1.59. The second-order valence-corrected chi connectivity index (χ2v) is 8.19. The Morgan fingerprint density at radius 2 is 1.93 bits per heavy atom. The molecule has 2 N–H and O–H groups in total. The Balaban J connectivity index is 1.82. The topological polar surface area (TPSA) is 79.8 Å². The number of thioether (sulfide) groups is 1. The summed E-state index contributed by atoms with van der Waals surface area (Å²) >= 11 is 13.1. The number of anilines is 1. The van der Waals surface area contributed by atoms with Crippen LogP contribution in [0.15, 0.2) is 34.2 Å². The van der Waals surface area contributed by atoms with E-state index in [4.69, 9.17) is 23.2 Å². The standard InChI is InChI=1S/C18H18Cl2N4O2S/c1-9(2)24-17(26)16-14(4-10(3)21-16)23-18(24)27-8-15(25)22-13-6-11(19)5-12(20)7-13/h4-7,9,21H,8H2,1-3H3,(H,22,25). The number of amides is 1. The maximum Gasteiger partial charge on any atom is 0.278 e. The maximum atomic E-state index is 12.8. The van der Waals surface area contributed by atoms with E-state index in [9.17, 15) is 9.59 Å². The van der Waals surface area contributed by atoms with Crippen LogP contribution in [0.1, 0.15) is 25.6 Å². The summed E-state index contributed by atoms with van der Waals surface area (Å²) in [6, 6.07) is 6.56.